The van der Waals surface area contributed by atoms with E-state index in [0.717, 1.165) is 15.8 Å². The van der Waals surface area contributed by atoms with Crippen molar-refractivity contribution in [3.63, 3.8) is 0 Å². The van der Waals surface area contributed by atoms with Crippen molar-refractivity contribution in [2.24, 2.45) is 0 Å². The number of ether oxygens (including phenoxy) is 5. The van der Waals surface area contributed by atoms with E-state index >= 15 is 0 Å². The molecule has 1 fully saturated rings. The van der Waals surface area contributed by atoms with Gasteiger partial charge in [0, 0.05) is 19.5 Å². The number of terminal acetylenes is 1. The number of benzene rings is 1. The van der Waals surface area contributed by atoms with E-state index in [1.54, 1.807) is 0 Å². The molecule has 54 heavy (non-hydrogen) atoms. The van der Waals surface area contributed by atoms with Gasteiger partial charge in [0.15, 0.2) is 17.8 Å². The third kappa shape index (κ3) is 13.9. The number of aliphatic hydroxyl groups is 2. The Morgan fingerprint density at radius 3 is 2.22 bits per heavy atom. The number of carbonyl (C=O) groups is 1. The van der Waals surface area contributed by atoms with Gasteiger partial charge >= 0.3 is 15.2 Å². The van der Waals surface area contributed by atoms with Crippen LogP contribution in [-0.2, 0) is 55.2 Å². The second-order valence-corrected chi connectivity index (χ2v) is 16.0. The van der Waals surface area contributed by atoms with Gasteiger partial charge in [0.1, 0.15) is 30.7 Å². The number of anilines is 1. The number of nitrogens with one attached hydrogen (secondary N) is 2. The van der Waals surface area contributed by atoms with E-state index in [-0.39, 0.29) is 55.4 Å². The van der Waals surface area contributed by atoms with Gasteiger partial charge in [-0.15, -0.1) is 6.42 Å². The third-order valence-electron chi connectivity index (χ3n) is 7.62. The van der Waals surface area contributed by atoms with Crippen LogP contribution < -0.4 is 10.6 Å². The minimum atomic E-state index is -4.88. The summed E-state index contributed by atoms with van der Waals surface area (Å²) in [6.45, 7) is 2.57. The number of rotatable bonds is 24. The lowest BCUT2D eigenvalue weighted by Gasteiger charge is -2.18. The fraction of sp³-hybridized carbons (Fsp3) is 0.548. The number of fused-ring (bicyclic) bond motifs is 1. The molecule has 0 saturated carbocycles. The molecular weight excluding hydrogens is 778 g/mol. The van der Waals surface area contributed by atoms with Crippen molar-refractivity contribution in [3.05, 3.63) is 46.9 Å². The summed E-state index contributed by atoms with van der Waals surface area (Å²) < 4.78 is 56.1. The van der Waals surface area contributed by atoms with Crippen LogP contribution >= 0.6 is 26.8 Å². The molecular formula is C31H43ClN6O14P2. The summed E-state index contributed by atoms with van der Waals surface area (Å²) in [5.74, 6) is 1.02. The largest absolute Gasteiger partial charge is 0.387 e. The molecule has 23 heteroatoms. The summed E-state index contributed by atoms with van der Waals surface area (Å²) in [5.41, 5.74) is 1.79. The predicted molar refractivity (Wildman–Crippen MR) is 191 cm³/mol. The monoisotopic (exact) mass is 820 g/mol. The number of nitrogens with zero attached hydrogens (tertiary/aromatic N) is 4. The first-order valence-corrected chi connectivity index (χ1v) is 20.5. The highest BCUT2D eigenvalue weighted by molar-refractivity contribution is 7.70. The van der Waals surface area contributed by atoms with Crippen molar-refractivity contribution < 1.29 is 67.0 Å². The Bertz CT molecular complexity index is 1810. The first-order valence-electron chi connectivity index (χ1n) is 16.5. The normalized spacial score (nSPS) is 19.8. The Morgan fingerprint density at radius 2 is 1.57 bits per heavy atom. The molecule has 3 heterocycles. The Labute approximate surface area is 315 Å². The standard InChI is InChI=1S/C31H43ClN6O14P2/c1-2-8-47-10-12-49-14-15-50-13-11-48-9-7-25(39)33-16-21-5-3-4-6-22(21)17-34-28-23-18-35-38(29(23)37-31(32)36-28)30-27(41)26(40)24(52-30)19-51-54(45,46)20-53(42,43)44/h1,3-6,18,24,26-27,30,40-41H,7-17,19-20H2,(H,33,39)(H,45,46)(H,34,36,37)(H2,42,43,44)/t24-,26-,27-,30-/m1/s1. The Kier molecular flexibility index (Phi) is 17.2. The fourth-order valence-electron chi connectivity index (χ4n) is 5.07. The third-order valence-corrected chi connectivity index (χ3v) is 11.2. The van der Waals surface area contributed by atoms with Gasteiger partial charge in [0.25, 0.3) is 0 Å². The van der Waals surface area contributed by atoms with Crippen LogP contribution in [0.3, 0.4) is 0 Å². The number of amides is 1. The van der Waals surface area contributed by atoms with E-state index in [1.165, 1.54) is 6.20 Å². The van der Waals surface area contributed by atoms with Crippen LogP contribution in [0.2, 0.25) is 5.28 Å². The fourth-order valence-corrected chi connectivity index (χ4v) is 7.81. The number of carbonyl (C=O) groups excluding carboxylic acids is 1. The van der Waals surface area contributed by atoms with Crippen molar-refractivity contribution in [3.8, 4) is 12.3 Å². The number of hydrogen-bond donors (Lipinski definition) is 7. The zero-order chi connectivity index (χ0) is 39.1. The topological polar surface area (TPSA) is 275 Å². The molecule has 0 spiro atoms. The molecule has 1 aromatic carbocycles. The van der Waals surface area contributed by atoms with E-state index in [1.807, 2.05) is 24.3 Å². The smallest absolute Gasteiger partial charge is 0.340 e. The van der Waals surface area contributed by atoms with Gasteiger partial charge in [-0.2, -0.15) is 15.1 Å². The lowest BCUT2D eigenvalue weighted by atomic mass is 10.1. The molecule has 4 rings (SSSR count). The maximum atomic E-state index is 12.5. The zero-order valence-corrected chi connectivity index (χ0v) is 31.5. The molecule has 1 saturated heterocycles. The Balaban J connectivity index is 1.25. The van der Waals surface area contributed by atoms with Crippen LogP contribution in [0.5, 0.6) is 0 Å². The molecule has 1 amide bonds. The first kappa shape index (κ1) is 43.6. The average Bonchev–Trinajstić information content (AvgIpc) is 3.66. The highest BCUT2D eigenvalue weighted by atomic mass is 35.5. The molecule has 20 nitrogen and oxygen atoms in total. The number of aromatic nitrogens is 4. The quantitative estimate of drug-likeness (QED) is 0.0284. The van der Waals surface area contributed by atoms with Gasteiger partial charge in [-0.3, -0.25) is 13.9 Å². The van der Waals surface area contributed by atoms with E-state index in [2.05, 4.69) is 31.6 Å². The minimum Gasteiger partial charge on any atom is -0.387 e. The van der Waals surface area contributed by atoms with Gasteiger partial charge < -0.3 is 63.7 Å². The zero-order valence-electron chi connectivity index (χ0n) is 28.9. The maximum Gasteiger partial charge on any atom is 0.340 e. The number of halogens is 1. The molecule has 0 aliphatic carbocycles. The number of hydrogen-bond acceptors (Lipinski definition) is 15. The molecule has 3 aromatic rings. The van der Waals surface area contributed by atoms with Crippen molar-refractivity contribution in [2.45, 2.75) is 44.1 Å². The second kappa shape index (κ2) is 21.3. The first-order chi connectivity index (χ1) is 25.8. The summed E-state index contributed by atoms with van der Waals surface area (Å²) in [4.78, 5) is 48.7. The number of aliphatic hydroxyl groups excluding tert-OH is 2. The Morgan fingerprint density at radius 1 is 0.944 bits per heavy atom. The van der Waals surface area contributed by atoms with Crippen molar-refractivity contribution in [2.75, 3.05) is 70.7 Å². The van der Waals surface area contributed by atoms with Crippen molar-refractivity contribution >= 4 is 49.6 Å². The molecule has 298 valence electrons. The van der Waals surface area contributed by atoms with E-state index in [0.29, 0.717) is 45.0 Å². The van der Waals surface area contributed by atoms with Crippen LogP contribution in [-0.4, -0.2) is 134 Å². The lowest BCUT2D eigenvalue weighted by Crippen LogP contribution is -2.33. The van der Waals surface area contributed by atoms with Gasteiger partial charge in [-0.05, 0) is 22.7 Å². The molecule has 2 aromatic heterocycles. The molecule has 0 bridgehead atoms. The second-order valence-electron chi connectivity index (χ2n) is 11.7. The highest BCUT2D eigenvalue weighted by Gasteiger charge is 2.46. The summed E-state index contributed by atoms with van der Waals surface area (Å²) in [6, 6.07) is 7.42. The SMILES string of the molecule is C#CCOCCOCCOCCOCCC(=O)NCc1ccccc1CNc1nc(Cl)nc2c1cnn2[C@@H]1O[C@H](COP(=O)(O)CP(=O)(O)O)[C@@H](O)[C@H]1O. The van der Waals surface area contributed by atoms with E-state index < -0.39 is 52.2 Å². The Hall–Kier alpha value is -3.09. The van der Waals surface area contributed by atoms with Gasteiger partial charge in [0.05, 0.1) is 64.4 Å². The molecule has 1 aliphatic rings. The van der Waals surface area contributed by atoms with E-state index in [9.17, 15) is 29.0 Å². The van der Waals surface area contributed by atoms with Crippen LogP contribution in [0.4, 0.5) is 5.82 Å². The minimum absolute atomic E-state index is 0.117. The van der Waals surface area contributed by atoms with Gasteiger partial charge in [0.2, 0.25) is 11.2 Å². The highest BCUT2D eigenvalue weighted by Crippen LogP contribution is 2.55. The summed E-state index contributed by atoms with van der Waals surface area (Å²) in [7, 11) is -9.63. The lowest BCUT2D eigenvalue weighted by molar-refractivity contribution is -0.122. The van der Waals surface area contributed by atoms with Crippen LogP contribution in [0, 0.1) is 12.3 Å². The summed E-state index contributed by atoms with van der Waals surface area (Å²) >= 11 is 6.24. The van der Waals surface area contributed by atoms with Crippen molar-refractivity contribution in [1.29, 1.82) is 0 Å². The molecule has 5 atom stereocenters. The molecule has 1 aliphatic heterocycles. The maximum absolute atomic E-state index is 12.5. The molecule has 0 radical (unpaired) electrons. The van der Waals surface area contributed by atoms with Crippen LogP contribution in [0.15, 0.2) is 30.5 Å². The van der Waals surface area contributed by atoms with Gasteiger partial charge in [-0.25, -0.2) is 4.68 Å². The summed E-state index contributed by atoms with van der Waals surface area (Å²) in [6.07, 6.45) is 0.680. The van der Waals surface area contributed by atoms with Crippen molar-refractivity contribution in [1.82, 2.24) is 25.1 Å². The van der Waals surface area contributed by atoms with Crippen LogP contribution in [0.25, 0.3) is 11.0 Å². The predicted octanol–water partition coefficient (Wildman–Crippen LogP) is 0.754. The van der Waals surface area contributed by atoms with E-state index in [4.69, 9.17) is 56.0 Å². The molecule has 7 N–H and O–H groups in total. The molecule has 1 unspecified atom stereocenters. The van der Waals surface area contributed by atoms with Gasteiger partial charge in [-0.1, -0.05) is 30.2 Å². The van der Waals surface area contributed by atoms with Crippen LogP contribution in [0.1, 0.15) is 23.8 Å². The summed E-state index contributed by atoms with van der Waals surface area (Å²) in [5, 5.41) is 31.8. The average molecular weight is 821 g/mol.